The molecule has 0 spiro atoms. The van der Waals surface area contributed by atoms with E-state index in [0.717, 1.165) is 0 Å². The first kappa shape index (κ1) is 8.52. The molecule has 0 saturated heterocycles. The molecule has 3 nitrogen and oxygen atoms in total. The lowest BCUT2D eigenvalue weighted by Gasteiger charge is -2.01. The topological polar surface area (TPSA) is 56.8 Å². The fourth-order valence-electron chi connectivity index (χ4n) is 0.282. The van der Waals surface area contributed by atoms with E-state index in [2.05, 4.69) is 0 Å². The van der Waals surface area contributed by atoms with Gasteiger partial charge in [0.05, 0.1) is 6.10 Å². The lowest BCUT2D eigenvalue weighted by atomic mass is 10.4. The van der Waals surface area contributed by atoms with Gasteiger partial charge in [0.2, 0.25) is 0 Å². The summed E-state index contributed by atoms with van der Waals surface area (Å²) in [5.41, 5.74) is -0.00583. The van der Waals surface area contributed by atoms with E-state index in [0.29, 0.717) is 0 Å². The Morgan fingerprint density at radius 3 is 2.20 bits per heavy atom. The van der Waals surface area contributed by atoms with Gasteiger partial charge in [-0.3, -0.25) is 0 Å². The van der Waals surface area contributed by atoms with E-state index in [1.807, 2.05) is 13.8 Å². The number of nitrogens with zero attached hydrogens (tertiary/aromatic N) is 2. The fraction of sp³-hybridized carbons (Fsp3) is 0.429. The molecule has 0 aromatic rings. The van der Waals surface area contributed by atoms with Crippen LogP contribution in [0.4, 0.5) is 0 Å². The zero-order valence-electron chi connectivity index (χ0n) is 5.96. The summed E-state index contributed by atoms with van der Waals surface area (Å²) in [6, 6.07) is 3.36. The van der Waals surface area contributed by atoms with Crippen molar-refractivity contribution in [2.45, 2.75) is 20.0 Å². The maximum absolute atomic E-state index is 8.22. The Morgan fingerprint density at radius 2 is 1.90 bits per heavy atom. The molecular weight excluding hydrogens is 128 g/mol. The summed E-state index contributed by atoms with van der Waals surface area (Å²) >= 11 is 0. The molecule has 0 aromatic carbocycles. The van der Waals surface area contributed by atoms with Crippen LogP contribution in [-0.4, -0.2) is 6.10 Å². The Bertz CT molecular complexity index is 189. The monoisotopic (exact) mass is 136 g/mol. The molecule has 0 rings (SSSR count). The Kier molecular flexibility index (Phi) is 3.75. The van der Waals surface area contributed by atoms with Crippen LogP contribution in [0.2, 0.25) is 0 Å². The molecule has 0 aromatic heterocycles. The smallest absolute Gasteiger partial charge is 0.164 e. The second-order valence-corrected chi connectivity index (χ2v) is 1.94. The van der Waals surface area contributed by atoms with Gasteiger partial charge in [-0.2, -0.15) is 10.5 Å². The third kappa shape index (κ3) is 3.51. The number of rotatable bonds is 2. The van der Waals surface area contributed by atoms with Crippen molar-refractivity contribution in [3.63, 3.8) is 0 Å². The number of ether oxygens (including phenoxy) is 1. The first-order valence-electron chi connectivity index (χ1n) is 2.86. The number of allylic oxidation sites excluding steroid dienone is 1. The Morgan fingerprint density at radius 1 is 1.40 bits per heavy atom. The Labute approximate surface area is 60.1 Å². The van der Waals surface area contributed by atoms with Crippen LogP contribution < -0.4 is 0 Å². The molecule has 0 fully saturated rings. The standard InChI is InChI=1S/C7H8N2O/c1-6(2)10-5-7(3-8)4-9/h5-6H,1-2H3. The van der Waals surface area contributed by atoms with Crippen LogP contribution in [-0.2, 0) is 4.74 Å². The van der Waals surface area contributed by atoms with Gasteiger partial charge in [-0.05, 0) is 13.8 Å². The van der Waals surface area contributed by atoms with Gasteiger partial charge in [0.1, 0.15) is 18.4 Å². The van der Waals surface area contributed by atoms with E-state index in [-0.39, 0.29) is 11.7 Å². The first-order valence-corrected chi connectivity index (χ1v) is 2.86. The van der Waals surface area contributed by atoms with Gasteiger partial charge in [-0.25, -0.2) is 0 Å². The molecule has 0 saturated carbocycles. The summed E-state index contributed by atoms with van der Waals surface area (Å²) in [4.78, 5) is 0. The molecule has 3 heteroatoms. The summed E-state index contributed by atoms with van der Waals surface area (Å²) in [6.45, 7) is 3.64. The van der Waals surface area contributed by atoms with Gasteiger partial charge in [0.25, 0.3) is 0 Å². The molecule has 0 bridgehead atoms. The number of hydrogen-bond donors (Lipinski definition) is 0. The van der Waals surface area contributed by atoms with Crippen molar-refractivity contribution >= 4 is 0 Å². The van der Waals surface area contributed by atoms with Gasteiger partial charge in [0, 0.05) is 0 Å². The molecule has 0 radical (unpaired) electrons. The van der Waals surface area contributed by atoms with E-state index in [1.54, 1.807) is 12.1 Å². The Hall–Kier alpha value is -1.48. The van der Waals surface area contributed by atoms with Crippen molar-refractivity contribution in [2.24, 2.45) is 0 Å². The van der Waals surface area contributed by atoms with Crippen LogP contribution in [0.25, 0.3) is 0 Å². The lowest BCUT2D eigenvalue weighted by molar-refractivity contribution is 0.178. The second kappa shape index (κ2) is 4.40. The van der Waals surface area contributed by atoms with E-state index in [9.17, 15) is 0 Å². The van der Waals surface area contributed by atoms with Gasteiger partial charge < -0.3 is 4.74 Å². The van der Waals surface area contributed by atoms with Crippen LogP contribution in [0, 0.1) is 22.7 Å². The molecule has 0 atom stereocenters. The zero-order chi connectivity index (χ0) is 7.98. The lowest BCUT2D eigenvalue weighted by Crippen LogP contribution is -1.95. The number of hydrogen-bond acceptors (Lipinski definition) is 3. The second-order valence-electron chi connectivity index (χ2n) is 1.94. The molecule has 0 heterocycles. The highest BCUT2D eigenvalue weighted by atomic mass is 16.5. The Balaban J connectivity index is 3.94. The average Bonchev–Trinajstić information content (AvgIpc) is 1.90. The third-order valence-corrected chi connectivity index (χ3v) is 0.699. The molecule has 0 aliphatic rings. The van der Waals surface area contributed by atoms with Crippen molar-refractivity contribution in [1.29, 1.82) is 10.5 Å². The summed E-state index contributed by atoms with van der Waals surface area (Å²) in [5.74, 6) is 0. The molecule has 0 unspecified atom stereocenters. The van der Waals surface area contributed by atoms with Crippen molar-refractivity contribution in [2.75, 3.05) is 0 Å². The summed E-state index contributed by atoms with van der Waals surface area (Å²) < 4.78 is 4.88. The normalized spacial score (nSPS) is 7.70. The zero-order valence-corrected chi connectivity index (χ0v) is 5.96. The predicted molar refractivity (Wildman–Crippen MR) is 35.5 cm³/mol. The fourth-order valence-corrected chi connectivity index (χ4v) is 0.282. The molecule has 0 N–H and O–H groups in total. The summed E-state index contributed by atoms with van der Waals surface area (Å²) in [7, 11) is 0. The molecule has 52 valence electrons. The van der Waals surface area contributed by atoms with Gasteiger partial charge in [0.15, 0.2) is 5.57 Å². The molecule has 0 aliphatic heterocycles. The van der Waals surface area contributed by atoms with Crippen molar-refractivity contribution in [1.82, 2.24) is 0 Å². The average molecular weight is 136 g/mol. The van der Waals surface area contributed by atoms with E-state index in [1.165, 1.54) is 6.26 Å². The maximum Gasteiger partial charge on any atom is 0.164 e. The van der Waals surface area contributed by atoms with Crippen LogP contribution in [0.5, 0.6) is 0 Å². The van der Waals surface area contributed by atoms with Gasteiger partial charge in [-0.1, -0.05) is 0 Å². The minimum atomic E-state index is -0.00583. The highest BCUT2D eigenvalue weighted by Crippen LogP contribution is 1.94. The van der Waals surface area contributed by atoms with Crippen molar-refractivity contribution < 1.29 is 4.74 Å². The van der Waals surface area contributed by atoms with Gasteiger partial charge in [-0.15, -0.1) is 0 Å². The highest BCUT2D eigenvalue weighted by Gasteiger charge is 1.92. The van der Waals surface area contributed by atoms with Crippen LogP contribution >= 0.6 is 0 Å². The third-order valence-electron chi connectivity index (χ3n) is 0.699. The minimum absolute atomic E-state index is 0.00583. The van der Waals surface area contributed by atoms with Crippen LogP contribution in [0.3, 0.4) is 0 Å². The van der Waals surface area contributed by atoms with Crippen molar-refractivity contribution in [3.8, 4) is 12.1 Å². The van der Waals surface area contributed by atoms with Crippen LogP contribution in [0.1, 0.15) is 13.8 Å². The summed E-state index contributed by atoms with van der Waals surface area (Å²) in [5, 5.41) is 16.4. The SMILES string of the molecule is CC(C)OC=C(C#N)C#N. The molecule has 10 heavy (non-hydrogen) atoms. The maximum atomic E-state index is 8.22. The predicted octanol–water partition coefficient (Wildman–Crippen LogP) is 1.34. The highest BCUT2D eigenvalue weighted by molar-refractivity contribution is 5.33. The van der Waals surface area contributed by atoms with Crippen molar-refractivity contribution in [3.05, 3.63) is 11.8 Å². The summed E-state index contributed by atoms with van der Waals surface area (Å²) in [6.07, 6.45) is 1.18. The van der Waals surface area contributed by atoms with E-state index < -0.39 is 0 Å². The molecule has 0 aliphatic carbocycles. The van der Waals surface area contributed by atoms with Crippen LogP contribution in [0.15, 0.2) is 11.8 Å². The molecule has 0 amide bonds. The molecular formula is C7H8N2O. The van der Waals surface area contributed by atoms with E-state index >= 15 is 0 Å². The number of nitriles is 2. The van der Waals surface area contributed by atoms with Gasteiger partial charge >= 0.3 is 0 Å². The first-order chi connectivity index (χ1) is 4.70. The quantitative estimate of drug-likeness (QED) is 0.425. The minimum Gasteiger partial charge on any atom is -0.496 e. The van der Waals surface area contributed by atoms with E-state index in [4.69, 9.17) is 15.3 Å². The largest absolute Gasteiger partial charge is 0.496 e.